The van der Waals surface area contributed by atoms with Crippen LogP contribution in [0.15, 0.2) is 24.3 Å². The molecule has 0 bridgehead atoms. The number of hydrogen-bond donors (Lipinski definition) is 1. The average molecular weight is 307 g/mol. The fraction of sp³-hybridized carbons (Fsp3) is 0.529. The summed E-state index contributed by atoms with van der Waals surface area (Å²) in [6, 6.07) is 6.27. The lowest BCUT2D eigenvalue weighted by Crippen LogP contribution is -2.45. The number of piperidine rings is 1. The predicted octanol–water partition coefficient (Wildman–Crippen LogP) is 3.18. The zero-order valence-corrected chi connectivity index (χ0v) is 12.8. The molecule has 120 valence electrons. The molecule has 1 aliphatic heterocycles. The van der Waals surface area contributed by atoms with Gasteiger partial charge in [0.05, 0.1) is 5.92 Å². The van der Waals surface area contributed by atoms with Crippen molar-refractivity contribution in [1.82, 2.24) is 4.90 Å². The van der Waals surface area contributed by atoms with Gasteiger partial charge in [0.25, 0.3) is 0 Å². The van der Waals surface area contributed by atoms with E-state index >= 15 is 0 Å². The molecule has 22 heavy (non-hydrogen) atoms. The number of carboxylic acid groups (broad SMARTS) is 1. The lowest BCUT2D eigenvalue weighted by Gasteiger charge is -2.37. The third kappa shape index (κ3) is 3.84. The lowest BCUT2D eigenvalue weighted by atomic mass is 9.93. The molecule has 1 amide bonds. The Morgan fingerprint density at radius 2 is 2.09 bits per heavy atom. The Hall–Kier alpha value is -1.91. The number of halogens is 1. The molecule has 1 saturated heterocycles. The summed E-state index contributed by atoms with van der Waals surface area (Å²) in [6.45, 7) is 2.34. The first-order valence-corrected chi connectivity index (χ1v) is 7.77. The molecule has 2 rings (SSSR count). The maximum absolute atomic E-state index is 13.9. The van der Waals surface area contributed by atoms with Crippen LogP contribution in [0.2, 0.25) is 0 Å². The van der Waals surface area contributed by atoms with Gasteiger partial charge in [-0.25, -0.2) is 4.39 Å². The Balaban J connectivity index is 2.11. The van der Waals surface area contributed by atoms with E-state index in [2.05, 4.69) is 0 Å². The van der Waals surface area contributed by atoms with Crippen LogP contribution in [0.1, 0.15) is 50.5 Å². The van der Waals surface area contributed by atoms with E-state index in [4.69, 9.17) is 5.11 Å². The van der Waals surface area contributed by atoms with Crippen molar-refractivity contribution < 1.29 is 19.1 Å². The Labute approximate surface area is 129 Å². The molecule has 1 aliphatic rings. The normalized spacial score (nSPS) is 19.7. The summed E-state index contributed by atoms with van der Waals surface area (Å²) in [5, 5.41) is 8.84. The van der Waals surface area contributed by atoms with E-state index in [0.29, 0.717) is 18.5 Å². The highest BCUT2D eigenvalue weighted by atomic mass is 19.1. The number of carbonyl (C=O) groups excluding carboxylic acids is 1. The number of carbonyl (C=O) groups is 2. The van der Waals surface area contributed by atoms with Gasteiger partial charge in [-0.2, -0.15) is 0 Å². The van der Waals surface area contributed by atoms with E-state index in [1.807, 2.05) is 0 Å². The van der Waals surface area contributed by atoms with Crippen molar-refractivity contribution in [2.75, 3.05) is 6.54 Å². The van der Waals surface area contributed by atoms with E-state index in [-0.39, 0.29) is 24.2 Å². The molecule has 2 atom stereocenters. The lowest BCUT2D eigenvalue weighted by molar-refractivity contribution is -0.140. The van der Waals surface area contributed by atoms with Crippen LogP contribution < -0.4 is 0 Å². The van der Waals surface area contributed by atoms with E-state index in [9.17, 15) is 14.0 Å². The molecule has 4 nitrogen and oxygen atoms in total. The van der Waals surface area contributed by atoms with Crippen LogP contribution in [0.4, 0.5) is 4.39 Å². The summed E-state index contributed by atoms with van der Waals surface area (Å²) < 4.78 is 13.9. The Bertz CT molecular complexity index is 546. The highest BCUT2D eigenvalue weighted by molar-refractivity contribution is 5.83. The van der Waals surface area contributed by atoms with Gasteiger partial charge in [-0.3, -0.25) is 9.59 Å². The highest BCUT2D eigenvalue weighted by Gasteiger charge is 2.31. The zero-order chi connectivity index (χ0) is 16.1. The van der Waals surface area contributed by atoms with Crippen molar-refractivity contribution in [1.29, 1.82) is 0 Å². The first-order chi connectivity index (χ1) is 10.5. The van der Waals surface area contributed by atoms with Crippen LogP contribution >= 0.6 is 0 Å². The van der Waals surface area contributed by atoms with Gasteiger partial charge in [0, 0.05) is 19.0 Å². The maximum Gasteiger partial charge on any atom is 0.303 e. The zero-order valence-electron chi connectivity index (χ0n) is 12.8. The van der Waals surface area contributed by atoms with Gasteiger partial charge < -0.3 is 10.0 Å². The predicted molar refractivity (Wildman–Crippen MR) is 81.0 cm³/mol. The minimum absolute atomic E-state index is 0.0495. The van der Waals surface area contributed by atoms with Crippen molar-refractivity contribution >= 4 is 11.9 Å². The summed E-state index contributed by atoms with van der Waals surface area (Å²) >= 11 is 0. The topological polar surface area (TPSA) is 57.6 Å². The quantitative estimate of drug-likeness (QED) is 0.909. The third-order valence-electron chi connectivity index (χ3n) is 4.34. The molecule has 0 aliphatic carbocycles. The van der Waals surface area contributed by atoms with Gasteiger partial charge in [0.2, 0.25) is 5.91 Å². The first kappa shape index (κ1) is 16.5. The monoisotopic (exact) mass is 307 g/mol. The largest absolute Gasteiger partial charge is 0.481 e. The van der Waals surface area contributed by atoms with Crippen molar-refractivity contribution in [2.24, 2.45) is 0 Å². The molecule has 0 aromatic heterocycles. The van der Waals surface area contributed by atoms with Crippen LogP contribution in [0, 0.1) is 5.82 Å². The van der Waals surface area contributed by atoms with Gasteiger partial charge >= 0.3 is 5.97 Å². The maximum atomic E-state index is 13.9. The number of aliphatic carboxylic acids is 1. The minimum atomic E-state index is -0.847. The molecule has 1 N–H and O–H groups in total. The number of hydrogen-bond acceptors (Lipinski definition) is 2. The third-order valence-corrected chi connectivity index (χ3v) is 4.34. The second-order valence-corrected chi connectivity index (χ2v) is 5.86. The first-order valence-electron chi connectivity index (χ1n) is 7.77. The SMILES string of the molecule is C[C@H](C(=O)N1CCCC[C@@H]1CCC(=O)O)c1ccccc1F. The van der Waals surface area contributed by atoms with Gasteiger partial charge in [0.1, 0.15) is 5.82 Å². The molecule has 0 saturated carbocycles. The average Bonchev–Trinajstić information content (AvgIpc) is 2.52. The Morgan fingerprint density at radius 1 is 1.36 bits per heavy atom. The molecule has 1 heterocycles. The molecule has 1 aromatic carbocycles. The molecule has 1 fully saturated rings. The van der Waals surface area contributed by atoms with Crippen LogP contribution in [-0.2, 0) is 9.59 Å². The summed E-state index contributed by atoms with van der Waals surface area (Å²) in [5.41, 5.74) is 0.398. The second kappa shape index (κ2) is 7.38. The minimum Gasteiger partial charge on any atom is -0.481 e. The van der Waals surface area contributed by atoms with Crippen molar-refractivity contribution in [3.8, 4) is 0 Å². The molecular formula is C17H22FNO3. The van der Waals surface area contributed by atoms with Gasteiger partial charge in [-0.1, -0.05) is 18.2 Å². The smallest absolute Gasteiger partial charge is 0.303 e. The fourth-order valence-corrected chi connectivity index (χ4v) is 3.09. The van der Waals surface area contributed by atoms with Crippen molar-refractivity contribution in [2.45, 2.75) is 51.0 Å². The van der Waals surface area contributed by atoms with E-state index in [0.717, 1.165) is 19.3 Å². The molecule has 0 spiro atoms. The van der Waals surface area contributed by atoms with Gasteiger partial charge in [0.15, 0.2) is 0 Å². The Kier molecular flexibility index (Phi) is 5.52. The molecular weight excluding hydrogens is 285 g/mol. The molecule has 5 heteroatoms. The molecule has 1 aromatic rings. The molecule has 0 unspecified atom stereocenters. The van der Waals surface area contributed by atoms with Gasteiger partial charge in [-0.15, -0.1) is 0 Å². The van der Waals surface area contributed by atoms with Gasteiger partial charge in [-0.05, 0) is 44.2 Å². The van der Waals surface area contributed by atoms with E-state index < -0.39 is 11.9 Å². The van der Waals surface area contributed by atoms with E-state index in [1.54, 1.807) is 30.0 Å². The second-order valence-electron chi connectivity index (χ2n) is 5.86. The standard InChI is InChI=1S/C17H22FNO3/c1-12(14-7-2-3-8-15(14)18)17(22)19-11-5-4-6-13(19)9-10-16(20)21/h2-3,7-8,12-13H,4-6,9-11H2,1H3,(H,20,21)/t12-,13+/m0/s1. The number of nitrogens with zero attached hydrogens (tertiary/aromatic N) is 1. The summed E-state index contributed by atoms with van der Waals surface area (Å²) in [5.74, 6) is -1.88. The number of amides is 1. The molecule has 0 radical (unpaired) electrons. The van der Waals surface area contributed by atoms with Crippen molar-refractivity contribution in [3.05, 3.63) is 35.6 Å². The number of carboxylic acids is 1. The number of likely N-dealkylation sites (tertiary alicyclic amines) is 1. The van der Waals surface area contributed by atoms with Crippen LogP contribution in [0.25, 0.3) is 0 Å². The van der Waals surface area contributed by atoms with Crippen LogP contribution in [0.3, 0.4) is 0 Å². The Morgan fingerprint density at radius 3 is 2.77 bits per heavy atom. The number of benzene rings is 1. The summed E-state index contributed by atoms with van der Waals surface area (Å²) in [7, 11) is 0. The highest BCUT2D eigenvalue weighted by Crippen LogP contribution is 2.27. The van der Waals surface area contributed by atoms with Crippen molar-refractivity contribution in [3.63, 3.8) is 0 Å². The summed E-state index contributed by atoms with van der Waals surface area (Å²) in [4.78, 5) is 25.2. The number of rotatable bonds is 5. The van der Waals surface area contributed by atoms with E-state index in [1.165, 1.54) is 6.07 Å². The van der Waals surface area contributed by atoms with Crippen LogP contribution in [-0.4, -0.2) is 34.5 Å². The summed E-state index contributed by atoms with van der Waals surface area (Å²) in [6.07, 6.45) is 3.26. The van der Waals surface area contributed by atoms with Crippen LogP contribution in [0.5, 0.6) is 0 Å². The fourth-order valence-electron chi connectivity index (χ4n) is 3.09.